The summed E-state index contributed by atoms with van der Waals surface area (Å²) in [5, 5.41) is 26.5. The molecule has 0 radical (unpaired) electrons. The van der Waals surface area contributed by atoms with E-state index in [1.165, 1.54) is 0 Å². The zero-order chi connectivity index (χ0) is 9.14. The van der Waals surface area contributed by atoms with E-state index in [0.29, 0.717) is 5.56 Å². The molecular formula is C8H9FO3. The topological polar surface area (TPSA) is 60.7 Å². The summed E-state index contributed by atoms with van der Waals surface area (Å²) in [5.41, 5.74) is 0.330. The van der Waals surface area contributed by atoms with E-state index in [4.69, 9.17) is 15.3 Å². The van der Waals surface area contributed by atoms with E-state index in [1.807, 2.05) is 0 Å². The van der Waals surface area contributed by atoms with Crippen LogP contribution in [0.2, 0.25) is 0 Å². The number of aromatic hydroxyl groups is 2. The molecule has 0 fully saturated rings. The lowest BCUT2D eigenvalue weighted by molar-refractivity contribution is 0.297. The maximum absolute atomic E-state index is 12.5. The van der Waals surface area contributed by atoms with Crippen LogP contribution in [0.5, 0.6) is 11.5 Å². The van der Waals surface area contributed by atoms with Gasteiger partial charge in [-0.3, -0.25) is 0 Å². The standard InChI is InChI=1S/C8H9FO3/c9-6-4-7(11)5(1-2-10)3-8(6)12/h3-4,10-12H,1-2H2. The molecule has 66 valence electrons. The Morgan fingerprint density at radius 1 is 1.17 bits per heavy atom. The second-order valence-corrected chi connectivity index (χ2v) is 2.41. The van der Waals surface area contributed by atoms with Crippen LogP contribution in [0.3, 0.4) is 0 Å². The number of rotatable bonds is 2. The van der Waals surface area contributed by atoms with Gasteiger partial charge in [0.1, 0.15) is 5.75 Å². The van der Waals surface area contributed by atoms with Gasteiger partial charge in [0.05, 0.1) is 0 Å². The average Bonchev–Trinajstić information content (AvgIpc) is 2.01. The Morgan fingerprint density at radius 2 is 1.83 bits per heavy atom. The summed E-state index contributed by atoms with van der Waals surface area (Å²) in [6, 6.07) is 1.92. The number of aliphatic hydroxyl groups is 1. The van der Waals surface area contributed by atoms with E-state index in [-0.39, 0.29) is 18.8 Å². The van der Waals surface area contributed by atoms with E-state index in [0.717, 1.165) is 12.1 Å². The van der Waals surface area contributed by atoms with Gasteiger partial charge in [-0.05, 0) is 12.5 Å². The largest absolute Gasteiger partial charge is 0.508 e. The van der Waals surface area contributed by atoms with Crippen molar-refractivity contribution < 1.29 is 19.7 Å². The van der Waals surface area contributed by atoms with Crippen LogP contribution < -0.4 is 0 Å². The fourth-order valence-corrected chi connectivity index (χ4v) is 0.915. The molecule has 0 spiro atoms. The van der Waals surface area contributed by atoms with Crippen molar-refractivity contribution in [3.8, 4) is 11.5 Å². The highest BCUT2D eigenvalue weighted by molar-refractivity contribution is 5.39. The summed E-state index contributed by atoms with van der Waals surface area (Å²) in [6.45, 7) is -0.154. The molecule has 4 heteroatoms. The van der Waals surface area contributed by atoms with Crippen LogP contribution >= 0.6 is 0 Å². The number of hydrogen-bond acceptors (Lipinski definition) is 3. The second kappa shape index (κ2) is 3.40. The Bertz CT molecular complexity index is 286. The maximum Gasteiger partial charge on any atom is 0.168 e. The molecule has 3 N–H and O–H groups in total. The number of phenolic OH excluding ortho intramolecular Hbond substituents is 2. The molecule has 1 rings (SSSR count). The third-order valence-corrected chi connectivity index (χ3v) is 1.53. The molecular weight excluding hydrogens is 163 g/mol. The molecule has 0 heterocycles. The van der Waals surface area contributed by atoms with Crippen LogP contribution in [-0.4, -0.2) is 21.9 Å². The van der Waals surface area contributed by atoms with Gasteiger partial charge in [0.2, 0.25) is 0 Å². The Hall–Kier alpha value is -1.29. The first-order valence-electron chi connectivity index (χ1n) is 3.46. The van der Waals surface area contributed by atoms with Crippen molar-refractivity contribution in [1.29, 1.82) is 0 Å². The average molecular weight is 172 g/mol. The smallest absolute Gasteiger partial charge is 0.168 e. The van der Waals surface area contributed by atoms with Gasteiger partial charge in [-0.1, -0.05) is 0 Å². The zero-order valence-corrected chi connectivity index (χ0v) is 6.29. The van der Waals surface area contributed by atoms with E-state index in [1.54, 1.807) is 0 Å². The van der Waals surface area contributed by atoms with Crippen molar-refractivity contribution in [2.45, 2.75) is 6.42 Å². The Kier molecular flexibility index (Phi) is 2.50. The van der Waals surface area contributed by atoms with Gasteiger partial charge in [-0.2, -0.15) is 0 Å². The third kappa shape index (κ3) is 1.65. The summed E-state index contributed by atoms with van der Waals surface area (Å²) in [6.07, 6.45) is 0.194. The molecule has 0 aliphatic carbocycles. The fraction of sp³-hybridized carbons (Fsp3) is 0.250. The van der Waals surface area contributed by atoms with Gasteiger partial charge in [-0.25, -0.2) is 4.39 Å². The molecule has 0 amide bonds. The Morgan fingerprint density at radius 3 is 2.42 bits per heavy atom. The highest BCUT2D eigenvalue weighted by atomic mass is 19.1. The lowest BCUT2D eigenvalue weighted by Crippen LogP contribution is -1.92. The summed E-state index contributed by atoms with van der Waals surface area (Å²) in [5.74, 6) is -1.63. The van der Waals surface area contributed by atoms with Crippen molar-refractivity contribution in [1.82, 2.24) is 0 Å². The first kappa shape index (κ1) is 8.80. The van der Waals surface area contributed by atoms with Gasteiger partial charge < -0.3 is 15.3 Å². The van der Waals surface area contributed by atoms with Gasteiger partial charge in [-0.15, -0.1) is 0 Å². The molecule has 1 aromatic carbocycles. The first-order valence-corrected chi connectivity index (χ1v) is 3.46. The predicted molar refractivity (Wildman–Crippen MR) is 40.5 cm³/mol. The third-order valence-electron chi connectivity index (χ3n) is 1.53. The van der Waals surface area contributed by atoms with Crippen molar-refractivity contribution in [3.63, 3.8) is 0 Å². The van der Waals surface area contributed by atoms with Crippen molar-refractivity contribution in [2.75, 3.05) is 6.61 Å². The normalized spacial score (nSPS) is 10.2. The predicted octanol–water partition coefficient (Wildman–Crippen LogP) is 0.772. The molecule has 0 saturated heterocycles. The van der Waals surface area contributed by atoms with E-state index >= 15 is 0 Å². The molecule has 0 saturated carbocycles. The van der Waals surface area contributed by atoms with Crippen LogP contribution in [0.25, 0.3) is 0 Å². The molecule has 0 aliphatic heterocycles. The van der Waals surface area contributed by atoms with Gasteiger partial charge in [0, 0.05) is 18.2 Å². The highest BCUT2D eigenvalue weighted by Gasteiger charge is 2.07. The molecule has 12 heavy (non-hydrogen) atoms. The van der Waals surface area contributed by atoms with Crippen LogP contribution in [-0.2, 0) is 6.42 Å². The van der Waals surface area contributed by atoms with Crippen LogP contribution in [0.4, 0.5) is 4.39 Å². The van der Waals surface area contributed by atoms with Crippen molar-refractivity contribution >= 4 is 0 Å². The summed E-state index contributed by atoms with van der Waals surface area (Å²) < 4.78 is 12.5. The molecule has 0 atom stereocenters. The fourth-order valence-electron chi connectivity index (χ4n) is 0.915. The maximum atomic E-state index is 12.5. The van der Waals surface area contributed by atoms with Crippen LogP contribution in [0, 0.1) is 5.82 Å². The molecule has 3 nitrogen and oxygen atoms in total. The lowest BCUT2D eigenvalue weighted by atomic mass is 10.1. The first-order chi connectivity index (χ1) is 5.65. The monoisotopic (exact) mass is 172 g/mol. The summed E-state index contributed by atoms with van der Waals surface area (Å²) in [7, 11) is 0. The molecule has 0 aromatic heterocycles. The number of benzene rings is 1. The number of halogens is 1. The summed E-state index contributed by atoms with van der Waals surface area (Å²) >= 11 is 0. The molecule has 0 aliphatic rings. The van der Waals surface area contributed by atoms with Crippen molar-refractivity contribution in [3.05, 3.63) is 23.5 Å². The number of aliphatic hydroxyl groups excluding tert-OH is 1. The van der Waals surface area contributed by atoms with Gasteiger partial charge in [0.25, 0.3) is 0 Å². The minimum Gasteiger partial charge on any atom is -0.508 e. The minimum absolute atomic E-state index is 0.154. The Labute approximate surface area is 68.7 Å². The van der Waals surface area contributed by atoms with E-state index in [2.05, 4.69) is 0 Å². The van der Waals surface area contributed by atoms with E-state index in [9.17, 15) is 4.39 Å². The minimum atomic E-state index is -0.866. The second-order valence-electron chi connectivity index (χ2n) is 2.41. The van der Waals surface area contributed by atoms with Crippen LogP contribution in [0.15, 0.2) is 12.1 Å². The molecule has 1 aromatic rings. The lowest BCUT2D eigenvalue weighted by Gasteiger charge is -2.03. The Balaban J connectivity index is 3.05. The SMILES string of the molecule is OCCc1cc(O)c(F)cc1O. The zero-order valence-electron chi connectivity index (χ0n) is 6.29. The van der Waals surface area contributed by atoms with Gasteiger partial charge >= 0.3 is 0 Å². The summed E-state index contributed by atoms with van der Waals surface area (Å²) in [4.78, 5) is 0. The van der Waals surface area contributed by atoms with Gasteiger partial charge in [0.15, 0.2) is 11.6 Å². The number of hydrogen-bond donors (Lipinski definition) is 3. The highest BCUT2D eigenvalue weighted by Crippen LogP contribution is 2.25. The molecule has 0 bridgehead atoms. The van der Waals surface area contributed by atoms with Crippen molar-refractivity contribution in [2.24, 2.45) is 0 Å². The quantitative estimate of drug-likeness (QED) is 0.577. The number of phenols is 2. The molecule has 0 unspecified atom stereocenters. The van der Waals surface area contributed by atoms with Crippen LogP contribution in [0.1, 0.15) is 5.56 Å². The van der Waals surface area contributed by atoms with E-state index < -0.39 is 11.6 Å².